The molecule has 1 atom stereocenters. The maximum Gasteiger partial charge on any atom is 0.328 e. The molecule has 7 nitrogen and oxygen atoms in total. The molecule has 24 heavy (non-hydrogen) atoms. The zero-order valence-corrected chi connectivity index (χ0v) is 13.8. The third kappa shape index (κ3) is 3.67. The second-order valence-electron chi connectivity index (χ2n) is 5.48. The van der Waals surface area contributed by atoms with Gasteiger partial charge in [-0.05, 0) is 44.4 Å². The molecule has 0 radical (unpaired) electrons. The van der Waals surface area contributed by atoms with Crippen LogP contribution in [0.2, 0.25) is 0 Å². The minimum Gasteiger partial charge on any atom is -0.504 e. The molecular weight excluding hydrogens is 314 g/mol. The minimum atomic E-state index is -0.774. The summed E-state index contributed by atoms with van der Waals surface area (Å²) in [6.07, 6.45) is 2.00. The molecule has 1 unspecified atom stereocenters. The Balaban J connectivity index is 2.20. The van der Waals surface area contributed by atoms with Gasteiger partial charge in [0.15, 0.2) is 11.5 Å². The van der Waals surface area contributed by atoms with Gasteiger partial charge in [0.05, 0.1) is 13.7 Å². The molecule has 0 saturated carbocycles. The Morgan fingerprint density at radius 2 is 2.04 bits per heavy atom. The Kier molecular flexibility index (Phi) is 5.78. The number of hydrogen-bond donors (Lipinski definition) is 1. The quantitative estimate of drug-likeness (QED) is 0.498. The van der Waals surface area contributed by atoms with Crippen molar-refractivity contribution >= 4 is 17.7 Å². The van der Waals surface area contributed by atoms with Crippen LogP contribution in [0.3, 0.4) is 0 Å². The summed E-state index contributed by atoms with van der Waals surface area (Å²) in [5.41, 5.74) is 0.0477. The first-order valence-electron chi connectivity index (χ1n) is 7.88. The Bertz CT molecular complexity index is 642. The summed E-state index contributed by atoms with van der Waals surface area (Å²) in [6.45, 7) is 2.24. The number of aromatic hydroxyl groups is 1. The number of methoxy groups -OCH3 is 1. The van der Waals surface area contributed by atoms with E-state index in [9.17, 15) is 19.5 Å². The Morgan fingerprint density at radius 1 is 1.29 bits per heavy atom. The highest BCUT2D eigenvalue weighted by Gasteiger charge is 2.36. The van der Waals surface area contributed by atoms with Crippen molar-refractivity contribution < 1.29 is 29.0 Å². The molecule has 1 amide bonds. The van der Waals surface area contributed by atoms with Gasteiger partial charge in [-0.3, -0.25) is 9.59 Å². The van der Waals surface area contributed by atoms with Gasteiger partial charge in [-0.15, -0.1) is 0 Å². The van der Waals surface area contributed by atoms with Crippen LogP contribution in [0, 0.1) is 0 Å². The number of likely N-dealkylation sites (tertiary alicyclic amines) is 1. The fourth-order valence-electron chi connectivity index (χ4n) is 2.74. The van der Waals surface area contributed by atoms with E-state index in [0.717, 1.165) is 12.8 Å². The summed E-state index contributed by atoms with van der Waals surface area (Å²) in [5, 5.41) is 9.77. The van der Waals surface area contributed by atoms with Gasteiger partial charge in [0, 0.05) is 12.1 Å². The van der Waals surface area contributed by atoms with Crippen LogP contribution in [0.25, 0.3) is 0 Å². The van der Waals surface area contributed by atoms with Gasteiger partial charge in [0.2, 0.25) is 0 Å². The third-order valence-corrected chi connectivity index (χ3v) is 3.96. The standard InChI is InChI=1S/C17H21NO6/c1-3-24-17(22)12-6-4-5-9-18(12)16(21)15(20)11-7-8-14(23-2)13(19)10-11/h7-8,10,12,19H,3-6,9H2,1-2H3. The van der Waals surface area contributed by atoms with Gasteiger partial charge in [0.1, 0.15) is 6.04 Å². The van der Waals surface area contributed by atoms with E-state index in [2.05, 4.69) is 0 Å². The van der Waals surface area contributed by atoms with Crippen molar-refractivity contribution in [2.45, 2.75) is 32.2 Å². The van der Waals surface area contributed by atoms with Crippen LogP contribution in [0.15, 0.2) is 18.2 Å². The topological polar surface area (TPSA) is 93.1 Å². The van der Waals surface area contributed by atoms with Gasteiger partial charge < -0.3 is 19.5 Å². The van der Waals surface area contributed by atoms with Crippen LogP contribution in [0.4, 0.5) is 0 Å². The maximum absolute atomic E-state index is 12.5. The average molecular weight is 335 g/mol. The Hall–Kier alpha value is -2.57. The number of phenolic OH excluding ortho intramolecular Hbond substituents is 1. The normalized spacial score (nSPS) is 17.2. The average Bonchev–Trinajstić information content (AvgIpc) is 2.60. The lowest BCUT2D eigenvalue weighted by Crippen LogP contribution is -2.51. The SMILES string of the molecule is CCOC(=O)C1CCCCN1C(=O)C(=O)c1ccc(OC)c(O)c1. The third-order valence-electron chi connectivity index (χ3n) is 3.96. The number of Topliss-reactive ketones (excluding diaryl/α,β-unsaturated/α-hetero) is 1. The molecule has 0 spiro atoms. The van der Waals surface area contributed by atoms with Gasteiger partial charge in [-0.1, -0.05) is 0 Å². The summed E-state index contributed by atoms with van der Waals surface area (Å²) in [6, 6.07) is 3.27. The maximum atomic E-state index is 12.5. The number of carbonyl (C=O) groups excluding carboxylic acids is 3. The van der Waals surface area contributed by atoms with Crippen LogP contribution in [-0.4, -0.2) is 54.0 Å². The summed E-state index contributed by atoms with van der Waals surface area (Å²) in [7, 11) is 1.39. The molecule has 1 aromatic carbocycles. The molecule has 1 aliphatic heterocycles. The van der Waals surface area contributed by atoms with E-state index >= 15 is 0 Å². The molecule has 1 fully saturated rings. The summed E-state index contributed by atoms with van der Waals surface area (Å²) in [5.74, 6) is -2.05. The molecule has 2 rings (SSSR count). The molecule has 1 aliphatic rings. The van der Waals surface area contributed by atoms with Crippen LogP contribution < -0.4 is 4.74 Å². The van der Waals surface area contributed by atoms with E-state index in [1.54, 1.807) is 6.92 Å². The molecule has 0 aliphatic carbocycles. The van der Waals surface area contributed by atoms with Crippen molar-refractivity contribution in [3.63, 3.8) is 0 Å². The number of esters is 1. The monoisotopic (exact) mass is 335 g/mol. The number of phenols is 1. The van der Waals surface area contributed by atoms with Crippen LogP contribution >= 0.6 is 0 Å². The van der Waals surface area contributed by atoms with Gasteiger partial charge in [-0.25, -0.2) is 4.79 Å². The number of carbonyl (C=O) groups is 3. The predicted octanol–water partition coefficient (Wildman–Crippen LogP) is 1.53. The fourth-order valence-corrected chi connectivity index (χ4v) is 2.74. The second kappa shape index (κ2) is 7.81. The summed E-state index contributed by atoms with van der Waals surface area (Å²) >= 11 is 0. The van der Waals surface area contributed by atoms with E-state index in [0.29, 0.717) is 13.0 Å². The number of hydrogen-bond acceptors (Lipinski definition) is 6. The molecule has 130 valence electrons. The first-order chi connectivity index (χ1) is 11.5. The Labute approximate surface area is 140 Å². The summed E-state index contributed by atoms with van der Waals surface area (Å²) < 4.78 is 9.91. The molecule has 1 heterocycles. The molecular formula is C17H21NO6. The molecule has 1 N–H and O–H groups in total. The predicted molar refractivity (Wildman–Crippen MR) is 85.0 cm³/mol. The molecule has 0 aromatic heterocycles. The highest BCUT2D eigenvalue weighted by Crippen LogP contribution is 2.27. The van der Waals surface area contributed by atoms with E-state index < -0.39 is 23.7 Å². The highest BCUT2D eigenvalue weighted by atomic mass is 16.5. The molecule has 7 heteroatoms. The molecule has 1 aromatic rings. The van der Waals surface area contributed by atoms with Crippen molar-refractivity contribution in [2.24, 2.45) is 0 Å². The lowest BCUT2D eigenvalue weighted by atomic mass is 10.00. The van der Waals surface area contributed by atoms with Crippen molar-refractivity contribution in [1.82, 2.24) is 4.90 Å². The van der Waals surface area contributed by atoms with Crippen LogP contribution in [-0.2, 0) is 14.3 Å². The zero-order chi connectivity index (χ0) is 17.7. The number of ether oxygens (including phenoxy) is 2. The number of rotatable bonds is 5. The van der Waals surface area contributed by atoms with Gasteiger partial charge in [0.25, 0.3) is 11.7 Å². The smallest absolute Gasteiger partial charge is 0.328 e. The number of ketones is 1. The molecule has 1 saturated heterocycles. The lowest BCUT2D eigenvalue weighted by molar-refractivity contribution is -0.155. The highest BCUT2D eigenvalue weighted by molar-refractivity contribution is 6.43. The van der Waals surface area contributed by atoms with E-state index in [1.807, 2.05) is 0 Å². The van der Waals surface area contributed by atoms with Gasteiger partial charge >= 0.3 is 5.97 Å². The van der Waals surface area contributed by atoms with Crippen molar-refractivity contribution in [1.29, 1.82) is 0 Å². The number of nitrogens with zero attached hydrogens (tertiary/aromatic N) is 1. The van der Waals surface area contributed by atoms with Crippen LogP contribution in [0.1, 0.15) is 36.5 Å². The number of benzene rings is 1. The van der Waals surface area contributed by atoms with E-state index in [-0.39, 0.29) is 23.7 Å². The van der Waals surface area contributed by atoms with Crippen LogP contribution in [0.5, 0.6) is 11.5 Å². The largest absolute Gasteiger partial charge is 0.504 e. The van der Waals surface area contributed by atoms with E-state index in [1.165, 1.54) is 30.2 Å². The van der Waals surface area contributed by atoms with Crippen molar-refractivity contribution in [3.8, 4) is 11.5 Å². The lowest BCUT2D eigenvalue weighted by Gasteiger charge is -2.33. The second-order valence-corrected chi connectivity index (χ2v) is 5.48. The Morgan fingerprint density at radius 3 is 2.67 bits per heavy atom. The van der Waals surface area contributed by atoms with Crippen molar-refractivity contribution in [3.05, 3.63) is 23.8 Å². The van der Waals surface area contributed by atoms with Gasteiger partial charge in [-0.2, -0.15) is 0 Å². The number of piperidine rings is 1. The number of amides is 1. The van der Waals surface area contributed by atoms with Crippen molar-refractivity contribution in [2.75, 3.05) is 20.3 Å². The first kappa shape index (κ1) is 17.8. The molecule has 0 bridgehead atoms. The fraction of sp³-hybridized carbons (Fsp3) is 0.471. The van der Waals surface area contributed by atoms with E-state index in [4.69, 9.17) is 9.47 Å². The zero-order valence-electron chi connectivity index (χ0n) is 13.8. The minimum absolute atomic E-state index is 0.0477. The first-order valence-corrected chi connectivity index (χ1v) is 7.88. The summed E-state index contributed by atoms with van der Waals surface area (Å²) in [4.78, 5) is 38.3.